The molecule has 0 radical (unpaired) electrons. The lowest BCUT2D eigenvalue weighted by molar-refractivity contribution is -0.151. The van der Waals surface area contributed by atoms with Crippen molar-refractivity contribution >= 4 is 64.6 Å². The van der Waals surface area contributed by atoms with Crippen LogP contribution in [0.1, 0.15) is 18.1 Å². The largest absolute Gasteiger partial charge is 0.497 e. The van der Waals surface area contributed by atoms with Crippen LogP contribution in [0, 0.1) is 0 Å². The van der Waals surface area contributed by atoms with Gasteiger partial charge in [-0.25, -0.2) is 4.79 Å². The predicted molar refractivity (Wildman–Crippen MR) is 215 cm³/mol. The minimum absolute atomic E-state index is 0.0475. The number of methoxy groups -OCH3 is 1. The second kappa shape index (κ2) is 16.0. The Bertz CT molecular complexity index is 2050. The molecule has 266 valence electrons. The number of esters is 1. The molecule has 7 rings (SSSR count). The zero-order chi connectivity index (χ0) is 36.8. The first-order chi connectivity index (χ1) is 25.9. The van der Waals surface area contributed by atoms with E-state index in [1.165, 1.54) is 22.8 Å². The zero-order valence-electron chi connectivity index (χ0n) is 29.4. The third-order valence-electron chi connectivity index (χ3n) is 9.38. The molecule has 2 unspecified atom stereocenters. The molecule has 2 atom stereocenters. The highest BCUT2D eigenvalue weighted by Gasteiger charge is 2.56. The SMILES string of the molecule is COc1ccc(COC(=O)C2=C(C[P+](c3ccccc3)(c3ccccc3)c3ccccc3)CSC3C(N=Cc4ccc(NC(C)=O)cc4)C(=O)N23)cc1. The normalized spacial score (nSPS) is 16.9. The first-order valence-corrected chi connectivity index (χ1v) is 20.3. The maximum Gasteiger partial charge on any atom is 0.355 e. The molecule has 1 fully saturated rings. The van der Waals surface area contributed by atoms with Crippen molar-refractivity contribution < 1.29 is 23.9 Å². The molecule has 2 amide bonds. The van der Waals surface area contributed by atoms with E-state index in [9.17, 15) is 14.4 Å². The fraction of sp³-hybridized carbons (Fsp3) is 0.163. The van der Waals surface area contributed by atoms with Gasteiger partial charge in [-0.05, 0) is 71.8 Å². The molecule has 8 nitrogen and oxygen atoms in total. The minimum Gasteiger partial charge on any atom is -0.497 e. The molecular formula is C43H39N3O5PS+. The van der Waals surface area contributed by atoms with Crippen molar-refractivity contribution in [3.8, 4) is 5.75 Å². The summed E-state index contributed by atoms with van der Waals surface area (Å²) in [4.78, 5) is 46.2. The number of hydrogen-bond donors (Lipinski definition) is 1. The Kier molecular flexibility index (Phi) is 10.9. The van der Waals surface area contributed by atoms with Gasteiger partial charge in [0.25, 0.3) is 5.91 Å². The van der Waals surface area contributed by atoms with Gasteiger partial charge in [0.2, 0.25) is 5.91 Å². The van der Waals surface area contributed by atoms with Crippen LogP contribution >= 0.6 is 19.0 Å². The third kappa shape index (κ3) is 7.54. The molecule has 1 saturated heterocycles. The van der Waals surface area contributed by atoms with Gasteiger partial charge >= 0.3 is 5.97 Å². The standard InChI is InChI=1S/C43H38N3O5PS/c1-30(47)45-34-22-18-31(19-23-34)26-44-39-41(48)46-40(43(49)51-27-32-20-24-35(50-2)25-21-32)33(29-53-42(39)46)28-52(36-12-6-3-7-13-36,37-14-8-4-9-15-37)38-16-10-5-11-17-38/h3-26,39,42H,27-29H2,1-2H3/p+1. The van der Waals surface area contributed by atoms with Crippen LogP contribution in [-0.4, -0.2) is 59.3 Å². The Morgan fingerprint density at radius 3 is 1.92 bits per heavy atom. The second-order valence-electron chi connectivity index (χ2n) is 12.8. The van der Waals surface area contributed by atoms with E-state index in [1.807, 2.05) is 54.6 Å². The molecule has 5 aromatic carbocycles. The van der Waals surface area contributed by atoms with E-state index in [-0.39, 0.29) is 23.8 Å². The summed E-state index contributed by atoms with van der Waals surface area (Å²) >= 11 is 1.63. The van der Waals surface area contributed by atoms with Gasteiger partial charge in [0.1, 0.15) is 46.6 Å². The van der Waals surface area contributed by atoms with Crippen LogP contribution < -0.4 is 26.0 Å². The molecule has 5 aromatic rings. The average molecular weight is 741 g/mol. The lowest BCUT2D eigenvalue weighted by Crippen LogP contribution is -2.64. The predicted octanol–water partition coefficient (Wildman–Crippen LogP) is 6.35. The molecule has 2 aliphatic heterocycles. The highest BCUT2D eigenvalue weighted by atomic mass is 32.2. The van der Waals surface area contributed by atoms with Gasteiger partial charge in [0.05, 0.1) is 13.3 Å². The molecule has 0 aromatic heterocycles. The Morgan fingerprint density at radius 2 is 1.40 bits per heavy atom. The number of ether oxygens (including phenoxy) is 2. The topological polar surface area (TPSA) is 97.3 Å². The van der Waals surface area contributed by atoms with Crippen LogP contribution in [0.25, 0.3) is 0 Å². The summed E-state index contributed by atoms with van der Waals surface area (Å²) in [6, 6.07) is 45.5. The van der Waals surface area contributed by atoms with E-state index in [1.54, 1.807) is 42.1 Å². The van der Waals surface area contributed by atoms with Crippen LogP contribution in [0.15, 0.2) is 156 Å². The van der Waals surface area contributed by atoms with Gasteiger partial charge in [-0.1, -0.05) is 78.9 Å². The molecule has 0 aliphatic carbocycles. The quantitative estimate of drug-likeness (QED) is 0.0694. The lowest BCUT2D eigenvalue weighted by atomic mass is 10.0. The van der Waals surface area contributed by atoms with Crippen molar-refractivity contribution in [3.63, 3.8) is 0 Å². The molecule has 2 aliphatic rings. The van der Waals surface area contributed by atoms with Gasteiger partial charge in [0, 0.05) is 30.2 Å². The van der Waals surface area contributed by atoms with Gasteiger partial charge in [-0.2, -0.15) is 0 Å². The van der Waals surface area contributed by atoms with Crippen molar-refractivity contribution in [2.45, 2.75) is 24.9 Å². The highest BCUT2D eigenvalue weighted by molar-refractivity contribution is 8.00. The van der Waals surface area contributed by atoms with Crippen LogP contribution in [0.2, 0.25) is 0 Å². The lowest BCUT2D eigenvalue weighted by Gasteiger charge is -2.48. The maximum atomic E-state index is 14.4. The molecule has 1 N–H and O–H groups in total. The molecule has 53 heavy (non-hydrogen) atoms. The van der Waals surface area contributed by atoms with Gasteiger partial charge < -0.3 is 14.8 Å². The number of rotatable bonds is 12. The van der Waals surface area contributed by atoms with Crippen LogP contribution in [0.3, 0.4) is 0 Å². The van der Waals surface area contributed by atoms with Gasteiger partial charge in [0.15, 0.2) is 6.04 Å². The molecule has 2 heterocycles. The van der Waals surface area contributed by atoms with Gasteiger partial charge in [-0.3, -0.25) is 19.5 Å². The second-order valence-corrected chi connectivity index (χ2v) is 17.4. The van der Waals surface area contributed by atoms with E-state index in [0.29, 0.717) is 29.0 Å². The number of benzene rings is 5. The number of fused-ring (bicyclic) bond motifs is 1. The average Bonchev–Trinajstić information content (AvgIpc) is 3.20. The number of aliphatic imine (C=N–C) groups is 1. The van der Waals surface area contributed by atoms with E-state index in [2.05, 4.69) is 78.1 Å². The number of carbonyl (C=O) groups excluding carboxylic acids is 3. The molecule has 10 heteroatoms. The van der Waals surface area contributed by atoms with Gasteiger partial charge in [-0.15, -0.1) is 11.8 Å². The summed E-state index contributed by atoms with van der Waals surface area (Å²) < 4.78 is 11.3. The van der Waals surface area contributed by atoms with E-state index < -0.39 is 19.3 Å². The zero-order valence-corrected chi connectivity index (χ0v) is 31.1. The number of thioether (sulfide) groups is 1. The fourth-order valence-corrected chi connectivity index (χ4v) is 12.6. The number of anilines is 1. The maximum absolute atomic E-state index is 14.4. The van der Waals surface area contributed by atoms with Crippen LogP contribution in [-0.2, 0) is 25.7 Å². The highest BCUT2D eigenvalue weighted by Crippen LogP contribution is 2.58. The Hall–Kier alpha value is -5.50. The van der Waals surface area contributed by atoms with Crippen LogP contribution in [0.4, 0.5) is 5.69 Å². The number of nitrogens with one attached hydrogen (secondary N) is 1. The summed E-state index contributed by atoms with van der Waals surface area (Å²) in [7, 11) is -0.789. The number of nitrogens with zero attached hydrogens (tertiary/aromatic N) is 2. The number of β-lactam (4-membered cyclic amide) rings is 1. The van der Waals surface area contributed by atoms with E-state index in [4.69, 9.17) is 14.5 Å². The molecule has 0 bridgehead atoms. The third-order valence-corrected chi connectivity index (χ3v) is 15.1. The first-order valence-electron chi connectivity index (χ1n) is 17.3. The molecular weight excluding hydrogens is 702 g/mol. The summed E-state index contributed by atoms with van der Waals surface area (Å²) in [5.41, 5.74) is 3.47. The molecule has 0 spiro atoms. The fourth-order valence-electron chi connectivity index (χ4n) is 6.79. The Labute approximate surface area is 314 Å². The summed E-state index contributed by atoms with van der Waals surface area (Å²) in [6.07, 6.45) is 2.23. The smallest absolute Gasteiger partial charge is 0.355 e. The van der Waals surface area contributed by atoms with Crippen molar-refractivity contribution in [1.29, 1.82) is 0 Å². The monoisotopic (exact) mass is 740 g/mol. The number of amides is 2. The number of hydrogen-bond acceptors (Lipinski definition) is 7. The molecule has 0 saturated carbocycles. The Morgan fingerprint density at radius 1 is 0.830 bits per heavy atom. The minimum atomic E-state index is -2.39. The Balaban J connectivity index is 1.27. The summed E-state index contributed by atoms with van der Waals surface area (Å²) in [5.74, 6) is 0.319. The number of carbonyl (C=O) groups is 3. The van der Waals surface area contributed by atoms with Crippen molar-refractivity contribution in [2.24, 2.45) is 4.99 Å². The van der Waals surface area contributed by atoms with Crippen molar-refractivity contribution in [3.05, 3.63) is 162 Å². The van der Waals surface area contributed by atoms with E-state index in [0.717, 1.165) is 16.7 Å². The van der Waals surface area contributed by atoms with Crippen molar-refractivity contribution in [2.75, 3.05) is 24.3 Å². The van der Waals surface area contributed by atoms with Crippen LogP contribution in [0.5, 0.6) is 5.75 Å². The first kappa shape index (κ1) is 35.9. The summed E-state index contributed by atoms with van der Waals surface area (Å²) in [5, 5.41) is 5.95. The summed E-state index contributed by atoms with van der Waals surface area (Å²) in [6.45, 7) is 1.51. The van der Waals surface area contributed by atoms with E-state index >= 15 is 0 Å². The van der Waals surface area contributed by atoms with Crippen molar-refractivity contribution in [1.82, 2.24) is 4.90 Å².